The fraction of sp³-hybridized carbons (Fsp3) is 0.923. The van der Waals surface area contributed by atoms with E-state index in [2.05, 4.69) is 21.1 Å². The van der Waals surface area contributed by atoms with Crippen molar-refractivity contribution in [3.63, 3.8) is 0 Å². The lowest BCUT2D eigenvalue weighted by molar-refractivity contribution is -0.307. The van der Waals surface area contributed by atoms with E-state index in [0.29, 0.717) is 12.8 Å². The molecule has 0 spiro atoms. The molecule has 0 bridgehead atoms. The number of hydrogen-bond acceptors (Lipinski definition) is 18. The van der Waals surface area contributed by atoms with Gasteiger partial charge in [0.1, 0.15) is 54.6 Å². The van der Waals surface area contributed by atoms with Crippen molar-refractivity contribution in [1.82, 2.24) is 16.0 Å². The number of hydrogen-bond donors (Lipinski definition) is 14. The summed E-state index contributed by atoms with van der Waals surface area (Å²) in [5.41, 5.74) is 18.4. The van der Waals surface area contributed by atoms with Crippen molar-refractivity contribution in [2.24, 2.45) is 16.6 Å². The number of likely N-dealkylation sites (N-methyl/N-ethyl adjacent to an activating group) is 1. The van der Waals surface area contributed by atoms with Crippen LogP contribution in [0.15, 0.2) is 5.11 Å². The number of rotatable bonds is 14. The summed E-state index contributed by atoms with van der Waals surface area (Å²) in [5, 5.41) is 90.6. The zero-order chi connectivity index (χ0) is 34.3. The van der Waals surface area contributed by atoms with Crippen LogP contribution in [0.5, 0.6) is 0 Å². The molecule has 16 N–H and O–H groups in total. The van der Waals surface area contributed by atoms with Gasteiger partial charge in [0.25, 0.3) is 5.91 Å². The largest absolute Gasteiger partial charge is 0.394 e. The Morgan fingerprint density at radius 1 is 1.11 bits per heavy atom. The van der Waals surface area contributed by atoms with Crippen LogP contribution in [-0.2, 0) is 23.7 Å². The second-order valence-electron chi connectivity index (χ2n) is 12.2. The quantitative estimate of drug-likeness (QED) is 0.0466. The summed E-state index contributed by atoms with van der Waals surface area (Å²) in [6, 6.07) is -5.36. The number of carbonyl (C=O) groups excluding carboxylic acids is 1. The van der Waals surface area contributed by atoms with Crippen LogP contribution in [0, 0.1) is 10.9 Å². The van der Waals surface area contributed by atoms with Gasteiger partial charge in [-0.15, -0.1) is 0 Å². The number of nitrogens with zero attached hydrogens (tertiary/aromatic N) is 1. The molecule has 3 fully saturated rings. The number of nitrogens with one attached hydrogen (secondary N) is 5. The van der Waals surface area contributed by atoms with Crippen LogP contribution in [0.1, 0.15) is 26.2 Å². The van der Waals surface area contributed by atoms with E-state index in [9.17, 15) is 35.4 Å². The molecule has 20 nitrogen and oxygen atoms in total. The number of aliphatic hydroxyl groups excluding tert-OH is 6. The average molecular weight is 667 g/mol. The highest BCUT2D eigenvalue weighted by Crippen LogP contribution is 2.32. The van der Waals surface area contributed by atoms with E-state index >= 15 is 0 Å². The lowest BCUT2D eigenvalue weighted by atomic mass is 9.83. The van der Waals surface area contributed by atoms with E-state index in [1.54, 1.807) is 0 Å². The first-order valence-electron chi connectivity index (χ1n) is 15.1. The van der Waals surface area contributed by atoms with Crippen LogP contribution in [-0.4, -0.2) is 172 Å². The zero-order valence-corrected chi connectivity index (χ0v) is 25.8. The van der Waals surface area contributed by atoms with E-state index in [1.165, 1.54) is 14.0 Å². The molecule has 3 aliphatic rings. The third-order valence-corrected chi connectivity index (χ3v) is 8.59. The van der Waals surface area contributed by atoms with Gasteiger partial charge >= 0.3 is 0 Å². The summed E-state index contributed by atoms with van der Waals surface area (Å²) < 4.78 is 23.7. The topological polar surface area (TPSA) is 344 Å². The SMILES string of the molecule is CN[C@@H]1C(O)[C@@H](OC2C(O)C(O[C@H]3O[C@H](CNC(=N)CO)CCC3N)[C@@H](N)C[C@H]2NC(=O)[C@@H](O)[C@@H](N=N)[C@@H](O)CO)OCC1(C)O. The number of amidine groups is 1. The van der Waals surface area contributed by atoms with Gasteiger partial charge in [0.05, 0.1) is 37.4 Å². The number of amides is 1. The summed E-state index contributed by atoms with van der Waals surface area (Å²) in [6.45, 7) is 0.0236. The summed E-state index contributed by atoms with van der Waals surface area (Å²) in [6.07, 6.45) is -11.5. The predicted octanol–water partition coefficient (Wildman–Crippen LogP) is -6.11. The predicted molar refractivity (Wildman–Crippen MR) is 156 cm³/mol. The molecule has 3 rings (SSSR count). The first kappa shape index (κ1) is 38.4. The standard InChI is InChI=1S/C26H50N8O12/c1-26(42)9-43-25(19(40)22(26)31-2)46-21-13(33-23(41)17(38)16(34-30)14(37)7-35)5-12(28)20(18(21)39)45-24-11(27)4-3-10(44-24)6-32-15(29)8-36/h10-14,16-22,24-25,30-31,35-40,42H,3-9,27-28H2,1-2H3,(H2,29,32)(H,33,41)/t10-,11?,12-,13+,14-,16-,17-,18?,19?,20?,21?,22+,24+,25+,26?/m0/s1. The zero-order valence-electron chi connectivity index (χ0n) is 25.8. The molecule has 0 aromatic heterocycles. The molecule has 46 heavy (non-hydrogen) atoms. The molecule has 15 atom stereocenters. The van der Waals surface area contributed by atoms with Crippen molar-refractivity contribution in [2.75, 3.05) is 33.4 Å². The van der Waals surface area contributed by atoms with Gasteiger partial charge in [0.15, 0.2) is 18.7 Å². The number of ether oxygens (including phenoxy) is 4. The minimum Gasteiger partial charge on any atom is -0.394 e. The van der Waals surface area contributed by atoms with E-state index in [0.717, 1.165) is 0 Å². The van der Waals surface area contributed by atoms with E-state index in [4.69, 9.17) is 46.5 Å². The van der Waals surface area contributed by atoms with E-state index in [-0.39, 0.29) is 25.4 Å². The van der Waals surface area contributed by atoms with Crippen LogP contribution < -0.4 is 27.4 Å². The van der Waals surface area contributed by atoms with Gasteiger partial charge in [0, 0.05) is 12.6 Å². The van der Waals surface area contributed by atoms with Crippen molar-refractivity contribution >= 4 is 11.7 Å². The van der Waals surface area contributed by atoms with Crippen molar-refractivity contribution in [1.29, 1.82) is 10.9 Å². The van der Waals surface area contributed by atoms with Gasteiger partial charge in [-0.25, -0.2) is 5.53 Å². The smallest absolute Gasteiger partial charge is 0.251 e. The summed E-state index contributed by atoms with van der Waals surface area (Å²) in [4.78, 5) is 13.0. The maximum atomic E-state index is 13.0. The van der Waals surface area contributed by atoms with Crippen LogP contribution >= 0.6 is 0 Å². The molecule has 20 heteroatoms. The summed E-state index contributed by atoms with van der Waals surface area (Å²) in [7, 11) is 1.52. The summed E-state index contributed by atoms with van der Waals surface area (Å²) in [5.74, 6) is -1.21. The Balaban J connectivity index is 1.83. The molecule has 0 radical (unpaired) electrons. The minimum atomic E-state index is -2.07. The average Bonchev–Trinajstić information content (AvgIpc) is 3.02. The Labute approximate surface area is 265 Å². The van der Waals surface area contributed by atoms with E-state index in [1.807, 2.05) is 0 Å². The fourth-order valence-corrected chi connectivity index (χ4v) is 5.96. The van der Waals surface area contributed by atoms with E-state index < -0.39 is 110 Å². The highest BCUT2D eigenvalue weighted by molar-refractivity contribution is 5.82. The molecular weight excluding hydrogens is 616 g/mol. The number of carbonyl (C=O) groups is 1. The third kappa shape index (κ3) is 9.11. The molecule has 0 aromatic rings. The molecule has 1 amide bonds. The molecule has 1 saturated carbocycles. The van der Waals surface area contributed by atoms with Gasteiger partial charge in [-0.2, -0.15) is 5.11 Å². The Bertz CT molecular complexity index is 1020. The highest BCUT2D eigenvalue weighted by atomic mass is 16.7. The second kappa shape index (κ2) is 16.9. The van der Waals surface area contributed by atoms with Crippen LogP contribution in [0.2, 0.25) is 0 Å². The second-order valence-corrected chi connectivity index (χ2v) is 12.2. The maximum Gasteiger partial charge on any atom is 0.251 e. The molecule has 2 saturated heterocycles. The van der Waals surface area contributed by atoms with Gasteiger partial charge < -0.3 is 82.1 Å². The third-order valence-electron chi connectivity index (χ3n) is 8.59. The lowest BCUT2D eigenvalue weighted by Crippen LogP contribution is -2.69. The monoisotopic (exact) mass is 666 g/mol. The molecule has 6 unspecified atom stereocenters. The Hall–Kier alpha value is -2.02. The first-order valence-corrected chi connectivity index (χ1v) is 15.1. The molecule has 1 aliphatic carbocycles. The fourth-order valence-electron chi connectivity index (χ4n) is 5.96. The van der Waals surface area contributed by atoms with Gasteiger partial charge in [-0.05, 0) is 33.2 Å². The van der Waals surface area contributed by atoms with Crippen molar-refractivity contribution < 1.29 is 59.5 Å². The molecule has 266 valence electrons. The molecule has 2 aliphatic heterocycles. The Morgan fingerprint density at radius 2 is 1.78 bits per heavy atom. The lowest BCUT2D eigenvalue weighted by Gasteiger charge is -2.49. The van der Waals surface area contributed by atoms with Crippen LogP contribution in [0.3, 0.4) is 0 Å². The highest BCUT2D eigenvalue weighted by Gasteiger charge is 2.52. The Kier molecular flexibility index (Phi) is 14.1. The van der Waals surface area contributed by atoms with Gasteiger partial charge in [0.2, 0.25) is 0 Å². The first-order chi connectivity index (χ1) is 21.7. The normalized spacial score (nSPS) is 40.4. The van der Waals surface area contributed by atoms with Gasteiger partial charge in [-0.1, -0.05) is 0 Å². The van der Waals surface area contributed by atoms with Crippen LogP contribution in [0.25, 0.3) is 0 Å². The van der Waals surface area contributed by atoms with Crippen molar-refractivity contribution in [2.45, 2.75) is 117 Å². The maximum absolute atomic E-state index is 13.0. The molecule has 0 aromatic carbocycles. The van der Waals surface area contributed by atoms with Crippen molar-refractivity contribution in [3.8, 4) is 0 Å². The summed E-state index contributed by atoms with van der Waals surface area (Å²) >= 11 is 0. The van der Waals surface area contributed by atoms with Crippen LogP contribution in [0.4, 0.5) is 0 Å². The minimum absolute atomic E-state index is 0.0957. The van der Waals surface area contributed by atoms with Gasteiger partial charge in [-0.3, -0.25) is 10.2 Å². The molecular formula is C26H50N8O12. The van der Waals surface area contributed by atoms with Crippen molar-refractivity contribution in [3.05, 3.63) is 0 Å². The number of nitrogens with two attached hydrogens (primary N) is 2. The number of aliphatic hydroxyl groups is 7. The Morgan fingerprint density at radius 3 is 2.39 bits per heavy atom. The molecule has 2 heterocycles.